The lowest BCUT2D eigenvalue weighted by Gasteiger charge is -2.18. The predicted octanol–water partition coefficient (Wildman–Crippen LogP) is 6.90. The molecule has 0 saturated heterocycles. The molecule has 0 fully saturated rings. The molecular weight excluding hydrogens is 381 g/mol. The van der Waals surface area contributed by atoms with Gasteiger partial charge in [-0.25, -0.2) is 9.37 Å². The molecule has 29 heavy (non-hydrogen) atoms. The van der Waals surface area contributed by atoms with Gasteiger partial charge in [0, 0.05) is 15.8 Å². The number of thiophene rings is 1. The number of benzene rings is 2. The zero-order chi connectivity index (χ0) is 20.0. The van der Waals surface area contributed by atoms with Gasteiger partial charge in [-0.15, -0.1) is 11.3 Å². The van der Waals surface area contributed by atoms with E-state index in [1.807, 2.05) is 24.3 Å². The molecule has 1 aliphatic rings. The Bertz CT molecular complexity index is 1200. The Balaban J connectivity index is 1.78. The largest absolute Gasteiger partial charge is 0.497 e. The predicted molar refractivity (Wildman–Crippen MR) is 118 cm³/mol. The number of aryl methyl sites for hydroxylation is 1. The van der Waals surface area contributed by atoms with E-state index in [-0.39, 0.29) is 5.82 Å². The lowest BCUT2D eigenvalue weighted by Crippen LogP contribution is -2.08. The number of pyridine rings is 1. The number of methoxy groups -OCH3 is 1. The molecule has 0 N–H and O–H groups in total. The first-order chi connectivity index (χ1) is 14.1. The number of hydrogen-bond acceptors (Lipinski definition) is 3. The summed E-state index contributed by atoms with van der Waals surface area (Å²) in [5.41, 5.74) is 4.90. The maximum absolute atomic E-state index is 14.5. The molecule has 146 valence electrons. The molecule has 2 nitrogen and oxygen atoms in total. The molecule has 0 amide bonds. The van der Waals surface area contributed by atoms with Crippen LogP contribution in [0.4, 0.5) is 4.39 Å². The summed E-state index contributed by atoms with van der Waals surface area (Å²) in [5.74, 6) is 1.29. The van der Waals surface area contributed by atoms with E-state index in [1.165, 1.54) is 28.3 Å². The van der Waals surface area contributed by atoms with Crippen molar-refractivity contribution < 1.29 is 9.13 Å². The van der Waals surface area contributed by atoms with E-state index in [0.29, 0.717) is 17.2 Å². The van der Waals surface area contributed by atoms with E-state index in [2.05, 4.69) is 19.1 Å². The van der Waals surface area contributed by atoms with Crippen LogP contribution >= 0.6 is 11.3 Å². The first kappa shape index (κ1) is 18.3. The average Bonchev–Trinajstić information content (AvgIpc) is 3.10. The number of aromatic nitrogens is 1. The second-order valence-electron chi connectivity index (χ2n) is 7.80. The van der Waals surface area contributed by atoms with Gasteiger partial charge in [0.1, 0.15) is 16.4 Å². The molecule has 1 aliphatic carbocycles. The molecule has 2 aromatic carbocycles. The zero-order valence-corrected chi connectivity index (χ0v) is 17.4. The van der Waals surface area contributed by atoms with Crippen LogP contribution in [0.15, 0.2) is 54.6 Å². The Hall–Kier alpha value is -2.72. The van der Waals surface area contributed by atoms with Crippen LogP contribution in [0.25, 0.3) is 32.6 Å². The van der Waals surface area contributed by atoms with E-state index >= 15 is 0 Å². The molecule has 0 bridgehead atoms. The van der Waals surface area contributed by atoms with Crippen molar-refractivity contribution in [3.63, 3.8) is 0 Å². The van der Waals surface area contributed by atoms with Crippen molar-refractivity contribution in [1.29, 1.82) is 0 Å². The molecule has 4 heteroatoms. The van der Waals surface area contributed by atoms with Gasteiger partial charge in [0.2, 0.25) is 0 Å². The summed E-state index contributed by atoms with van der Waals surface area (Å²) in [7, 11) is 1.67. The van der Waals surface area contributed by atoms with E-state index < -0.39 is 0 Å². The van der Waals surface area contributed by atoms with E-state index in [9.17, 15) is 4.39 Å². The van der Waals surface area contributed by atoms with Gasteiger partial charge >= 0.3 is 0 Å². The molecule has 1 atom stereocenters. The highest BCUT2D eigenvalue weighted by molar-refractivity contribution is 7.19. The fourth-order valence-corrected chi connectivity index (χ4v) is 5.66. The molecule has 2 aromatic heterocycles. The van der Waals surface area contributed by atoms with Gasteiger partial charge in [0.15, 0.2) is 0 Å². The van der Waals surface area contributed by atoms with Crippen LogP contribution in [0.1, 0.15) is 23.8 Å². The molecule has 0 radical (unpaired) electrons. The van der Waals surface area contributed by atoms with Crippen LogP contribution in [0.3, 0.4) is 0 Å². The van der Waals surface area contributed by atoms with Crippen molar-refractivity contribution in [3.8, 4) is 28.1 Å². The van der Waals surface area contributed by atoms with Gasteiger partial charge < -0.3 is 4.74 Å². The fourth-order valence-electron chi connectivity index (χ4n) is 4.25. The third-order valence-electron chi connectivity index (χ3n) is 5.82. The molecule has 4 aromatic rings. The SMILES string of the molecule is COc1ccc(-c2cc(-c3ccccc3F)nc3sc4c(c23)CCC(C)C4)cc1. The number of ether oxygens (including phenoxy) is 1. The molecule has 5 rings (SSSR count). The lowest BCUT2D eigenvalue weighted by molar-refractivity contribution is 0.415. The summed E-state index contributed by atoms with van der Waals surface area (Å²) < 4.78 is 19.9. The standard InChI is InChI=1S/C25H22FNOS/c1-15-7-12-19-23(13-15)29-25-24(19)20(16-8-10-17(28-2)11-9-16)14-22(27-25)18-5-3-4-6-21(18)26/h3-6,8-11,14-15H,7,12-13H2,1-2H3. The highest BCUT2D eigenvalue weighted by Crippen LogP contribution is 2.43. The Kier molecular flexibility index (Phi) is 4.59. The Morgan fingerprint density at radius 1 is 1.07 bits per heavy atom. The molecule has 0 aliphatic heterocycles. The Labute approximate surface area is 174 Å². The van der Waals surface area contributed by atoms with E-state index in [0.717, 1.165) is 34.5 Å². The van der Waals surface area contributed by atoms with Gasteiger partial charge in [-0.2, -0.15) is 0 Å². The second kappa shape index (κ2) is 7.27. The third-order valence-corrected chi connectivity index (χ3v) is 6.96. The topological polar surface area (TPSA) is 22.1 Å². The molecular formula is C25H22FNOS. The number of halogens is 1. The minimum Gasteiger partial charge on any atom is -0.497 e. The quantitative estimate of drug-likeness (QED) is 0.371. The maximum atomic E-state index is 14.5. The second-order valence-corrected chi connectivity index (χ2v) is 8.88. The van der Waals surface area contributed by atoms with Gasteiger partial charge in [-0.3, -0.25) is 0 Å². The number of hydrogen-bond donors (Lipinski definition) is 0. The monoisotopic (exact) mass is 403 g/mol. The van der Waals surface area contributed by atoms with Crippen molar-refractivity contribution >= 4 is 21.6 Å². The van der Waals surface area contributed by atoms with E-state index in [1.54, 1.807) is 30.6 Å². The first-order valence-corrected chi connectivity index (χ1v) is 10.8. The average molecular weight is 404 g/mol. The summed E-state index contributed by atoms with van der Waals surface area (Å²) >= 11 is 1.78. The molecule has 0 spiro atoms. The van der Waals surface area contributed by atoms with Crippen LogP contribution in [0.5, 0.6) is 5.75 Å². The van der Waals surface area contributed by atoms with Gasteiger partial charge in [0.25, 0.3) is 0 Å². The smallest absolute Gasteiger partial charge is 0.132 e. The van der Waals surface area contributed by atoms with Crippen molar-refractivity contribution in [3.05, 3.63) is 70.9 Å². The van der Waals surface area contributed by atoms with Crippen LogP contribution in [0.2, 0.25) is 0 Å². The highest BCUT2D eigenvalue weighted by Gasteiger charge is 2.24. The molecule has 1 unspecified atom stereocenters. The van der Waals surface area contributed by atoms with Gasteiger partial charge in [-0.05, 0) is 72.2 Å². The summed E-state index contributed by atoms with van der Waals surface area (Å²) in [6.45, 7) is 2.32. The lowest BCUT2D eigenvalue weighted by atomic mass is 9.87. The summed E-state index contributed by atoms with van der Waals surface area (Å²) in [5, 5.41) is 1.24. The number of fused-ring (bicyclic) bond motifs is 3. The normalized spacial score (nSPS) is 16.0. The minimum atomic E-state index is -0.241. The summed E-state index contributed by atoms with van der Waals surface area (Å²) in [6, 6.07) is 17.0. The maximum Gasteiger partial charge on any atom is 0.132 e. The Morgan fingerprint density at radius 2 is 1.86 bits per heavy atom. The van der Waals surface area contributed by atoms with Crippen LogP contribution < -0.4 is 4.74 Å². The van der Waals surface area contributed by atoms with Crippen molar-refractivity contribution in [2.45, 2.75) is 26.2 Å². The van der Waals surface area contributed by atoms with Crippen molar-refractivity contribution in [2.75, 3.05) is 7.11 Å². The van der Waals surface area contributed by atoms with Crippen LogP contribution in [-0.4, -0.2) is 12.1 Å². The molecule has 2 heterocycles. The summed E-state index contributed by atoms with van der Waals surface area (Å²) in [6.07, 6.45) is 3.39. The van der Waals surface area contributed by atoms with Crippen LogP contribution in [-0.2, 0) is 12.8 Å². The number of nitrogens with zero attached hydrogens (tertiary/aromatic N) is 1. The van der Waals surface area contributed by atoms with Crippen LogP contribution in [0, 0.1) is 11.7 Å². The number of rotatable bonds is 3. The zero-order valence-electron chi connectivity index (χ0n) is 16.5. The van der Waals surface area contributed by atoms with Gasteiger partial charge in [-0.1, -0.05) is 31.2 Å². The van der Waals surface area contributed by atoms with Gasteiger partial charge in [0.05, 0.1) is 12.8 Å². The van der Waals surface area contributed by atoms with Crippen molar-refractivity contribution in [1.82, 2.24) is 4.98 Å². The Morgan fingerprint density at radius 3 is 2.62 bits per heavy atom. The summed E-state index contributed by atoms with van der Waals surface area (Å²) in [4.78, 5) is 7.36. The minimum absolute atomic E-state index is 0.241. The van der Waals surface area contributed by atoms with E-state index in [4.69, 9.17) is 9.72 Å². The highest BCUT2D eigenvalue weighted by atomic mass is 32.1. The first-order valence-electron chi connectivity index (χ1n) is 9.98. The fraction of sp³-hybridized carbons (Fsp3) is 0.240. The van der Waals surface area contributed by atoms with Crippen molar-refractivity contribution in [2.24, 2.45) is 5.92 Å². The molecule has 0 saturated carbocycles. The third kappa shape index (κ3) is 3.22.